The van der Waals surface area contributed by atoms with Gasteiger partial charge >= 0.3 is 0 Å². The van der Waals surface area contributed by atoms with Crippen molar-refractivity contribution in [1.82, 2.24) is 39.8 Å². The number of nitrogens with zero attached hydrogens (tertiary/aromatic N) is 8. The quantitative estimate of drug-likeness (QED) is 0.193. The molecule has 304 valence electrons. The molecule has 4 atom stereocenters. The zero-order valence-corrected chi connectivity index (χ0v) is 32.4. The Morgan fingerprint density at radius 3 is 2.25 bits per heavy atom. The maximum absolute atomic E-state index is 16.0. The van der Waals surface area contributed by atoms with Crippen LogP contribution >= 0.6 is 0 Å². The number of piperidine rings is 3. The van der Waals surface area contributed by atoms with Crippen LogP contribution in [0.15, 0.2) is 79.1 Å². The topological polar surface area (TPSA) is 175 Å². The van der Waals surface area contributed by atoms with Gasteiger partial charge in [0.25, 0.3) is 11.8 Å². The summed E-state index contributed by atoms with van der Waals surface area (Å²) in [5, 5.41) is 18.6. The third kappa shape index (κ3) is 6.74. The minimum atomic E-state index is -1.30. The summed E-state index contributed by atoms with van der Waals surface area (Å²) >= 11 is 0. The molecule has 0 bridgehead atoms. The second-order valence-electron chi connectivity index (χ2n) is 16.2. The van der Waals surface area contributed by atoms with Gasteiger partial charge in [0.2, 0.25) is 5.91 Å². The van der Waals surface area contributed by atoms with Crippen molar-refractivity contribution in [3.05, 3.63) is 90.3 Å². The maximum atomic E-state index is 16.0. The highest BCUT2D eigenvalue weighted by Gasteiger charge is 2.46. The van der Waals surface area contributed by atoms with Crippen molar-refractivity contribution >= 4 is 40.3 Å². The molecule has 7 heterocycles. The zero-order chi connectivity index (χ0) is 40.4. The van der Waals surface area contributed by atoms with Crippen molar-refractivity contribution in [2.45, 2.75) is 68.7 Å². The molecule has 4 N–H and O–H groups in total. The van der Waals surface area contributed by atoms with Crippen LogP contribution in [0.5, 0.6) is 11.5 Å². The van der Waals surface area contributed by atoms with Gasteiger partial charge < -0.3 is 25.8 Å². The predicted octanol–water partition coefficient (Wildman–Crippen LogP) is 4.00. The number of rotatable bonds is 8. The maximum Gasteiger partial charge on any atom is 0.262 e. The number of alkyl halides is 1. The van der Waals surface area contributed by atoms with Crippen molar-refractivity contribution < 1.29 is 28.6 Å². The second-order valence-corrected chi connectivity index (χ2v) is 16.2. The molecule has 15 nitrogen and oxygen atoms in total. The number of amides is 3. The molecule has 3 aromatic carbocycles. The largest absolute Gasteiger partial charge is 0.457 e. The van der Waals surface area contributed by atoms with E-state index in [9.17, 15) is 19.5 Å². The number of para-hydroxylation sites is 1. The normalized spacial score (nSPS) is 24.7. The lowest BCUT2D eigenvalue weighted by Crippen LogP contribution is -2.64. The fourth-order valence-electron chi connectivity index (χ4n) is 9.56. The molecule has 0 aliphatic carbocycles. The lowest BCUT2D eigenvalue weighted by Gasteiger charge is -2.51. The molecule has 3 unspecified atom stereocenters. The molecule has 10 rings (SSSR count). The highest BCUT2D eigenvalue weighted by Crippen LogP contribution is 2.38. The Balaban J connectivity index is 0.744. The van der Waals surface area contributed by atoms with Crippen LogP contribution in [0, 0.1) is 0 Å². The second kappa shape index (κ2) is 15.0. The fraction of sp³-hybridized carbons (Fsp3) is 0.395. The summed E-state index contributed by atoms with van der Waals surface area (Å²) < 4.78 is 24.0. The van der Waals surface area contributed by atoms with Gasteiger partial charge in [0, 0.05) is 69.0 Å². The number of nitrogens with one attached hydrogen (secondary N) is 1. The van der Waals surface area contributed by atoms with Crippen molar-refractivity contribution in [1.29, 1.82) is 0 Å². The van der Waals surface area contributed by atoms with Gasteiger partial charge in [-0.1, -0.05) is 18.2 Å². The smallest absolute Gasteiger partial charge is 0.262 e. The third-order valence-corrected chi connectivity index (χ3v) is 12.8. The van der Waals surface area contributed by atoms with Gasteiger partial charge in [-0.3, -0.25) is 29.1 Å². The van der Waals surface area contributed by atoms with Crippen LogP contribution in [-0.4, -0.2) is 127 Å². The first kappa shape index (κ1) is 37.3. The molecular formula is C43H45FN10O5. The number of aliphatic hydroxyl groups excluding tert-OH is 1. The average molecular weight is 801 g/mol. The molecule has 4 fully saturated rings. The number of carbonyl (C=O) groups is 3. The number of halogens is 1. The van der Waals surface area contributed by atoms with E-state index in [4.69, 9.17) is 15.6 Å². The first-order valence-electron chi connectivity index (χ1n) is 20.4. The van der Waals surface area contributed by atoms with E-state index in [1.54, 1.807) is 12.1 Å². The number of fused-ring (bicyclic) bond motifs is 2. The summed E-state index contributed by atoms with van der Waals surface area (Å²) in [5.74, 6) is 0.609. The van der Waals surface area contributed by atoms with Crippen LogP contribution in [0.1, 0.15) is 58.9 Å². The summed E-state index contributed by atoms with van der Waals surface area (Å²) in [4.78, 5) is 54.9. The predicted molar refractivity (Wildman–Crippen MR) is 217 cm³/mol. The molecule has 5 aliphatic heterocycles. The Morgan fingerprint density at radius 1 is 0.780 bits per heavy atom. The van der Waals surface area contributed by atoms with E-state index in [-0.39, 0.29) is 36.9 Å². The Morgan fingerprint density at radius 2 is 1.51 bits per heavy atom. The summed E-state index contributed by atoms with van der Waals surface area (Å²) in [7, 11) is 0. The molecule has 5 aliphatic rings. The molecule has 0 saturated carbocycles. The molecule has 4 saturated heterocycles. The van der Waals surface area contributed by atoms with Crippen molar-refractivity contribution in [3.63, 3.8) is 0 Å². The number of carbonyl (C=O) groups excluding carboxylic acids is 3. The van der Waals surface area contributed by atoms with Gasteiger partial charge in [0.15, 0.2) is 5.65 Å². The van der Waals surface area contributed by atoms with Gasteiger partial charge in [-0.25, -0.2) is 19.0 Å². The summed E-state index contributed by atoms with van der Waals surface area (Å²) in [6.07, 6.45) is 1.89. The highest BCUT2D eigenvalue weighted by molar-refractivity contribution is 6.22. The van der Waals surface area contributed by atoms with Gasteiger partial charge in [-0.05, 0) is 80.3 Å². The van der Waals surface area contributed by atoms with Gasteiger partial charge in [-0.2, -0.15) is 5.10 Å². The number of likely N-dealkylation sites (tertiary alicyclic amines) is 2. The van der Waals surface area contributed by atoms with E-state index in [0.717, 1.165) is 71.9 Å². The van der Waals surface area contributed by atoms with Crippen LogP contribution in [0.25, 0.3) is 22.3 Å². The molecule has 0 spiro atoms. The number of hydrogen-bond acceptors (Lipinski definition) is 12. The van der Waals surface area contributed by atoms with E-state index in [2.05, 4.69) is 30.0 Å². The van der Waals surface area contributed by atoms with Gasteiger partial charge in [-0.15, -0.1) is 0 Å². The average Bonchev–Trinajstić information content (AvgIpc) is 3.73. The number of ether oxygens (including phenoxy) is 1. The first-order valence-corrected chi connectivity index (χ1v) is 20.4. The number of benzene rings is 3. The number of nitrogens with two attached hydrogens (primary N) is 1. The summed E-state index contributed by atoms with van der Waals surface area (Å²) in [6.45, 7) is 4.06. The van der Waals surface area contributed by atoms with E-state index in [0.29, 0.717) is 48.0 Å². The van der Waals surface area contributed by atoms with E-state index >= 15 is 4.39 Å². The number of aromatic nitrogens is 4. The van der Waals surface area contributed by atoms with Crippen LogP contribution < -0.4 is 20.7 Å². The first-order chi connectivity index (χ1) is 28.7. The zero-order valence-electron chi connectivity index (χ0n) is 32.4. The Bertz CT molecular complexity index is 2420. The number of aliphatic hydroxyl groups is 1. The third-order valence-electron chi connectivity index (χ3n) is 12.8. The number of anilines is 2. The summed E-state index contributed by atoms with van der Waals surface area (Å²) in [5.41, 5.74) is 10.1. The Hall–Kier alpha value is -5.97. The van der Waals surface area contributed by atoms with E-state index in [1.807, 2.05) is 65.3 Å². The van der Waals surface area contributed by atoms with Crippen LogP contribution in [0.4, 0.5) is 15.9 Å². The number of hydrogen-bond donors (Lipinski definition) is 3. The minimum absolute atomic E-state index is 0.0776. The molecule has 2 aromatic heterocycles. The van der Waals surface area contributed by atoms with Crippen LogP contribution in [0.2, 0.25) is 0 Å². The highest BCUT2D eigenvalue weighted by atomic mass is 19.1. The standard InChI is InChI=1S/C43H45FN10O5/c44-33-23-51(28-21-52(22-28)27-8-11-31-32(20-27)43(58)53(42(31)57)35-12-13-36(55)48-41(35)56)19-16-34(33)50-17-14-26(15-18-50)54-40-37(39(45)46-24-47-40)38(49-54)25-6-9-30(10-7-25)59-29-4-2-1-3-5-29/h1-11,20,24,26,28,33-35,41,56H,12-19,21-23H2,(H,48,55)(H2,45,46,47)/t33-,34?,35?,41?/m1/s1. The molecule has 0 radical (unpaired) electrons. The molecule has 3 amide bonds. The molecule has 16 heteroatoms. The van der Waals surface area contributed by atoms with Crippen LogP contribution in [0.3, 0.4) is 0 Å². The molecule has 5 aromatic rings. The Kier molecular flexibility index (Phi) is 9.49. The minimum Gasteiger partial charge on any atom is -0.457 e. The van der Waals surface area contributed by atoms with Crippen molar-refractivity contribution in [3.8, 4) is 22.8 Å². The van der Waals surface area contributed by atoms with E-state index < -0.39 is 30.3 Å². The van der Waals surface area contributed by atoms with Crippen molar-refractivity contribution in [2.75, 3.05) is 49.9 Å². The SMILES string of the molecule is Nc1ncnc2c1c(-c1ccc(Oc3ccccc3)cc1)nn2C1CCN(C2CCN(C3CN(c4ccc5c(c4)C(=O)N(C4CCC(=O)NC4O)C5=O)C3)C[C@H]2F)CC1. The van der Waals surface area contributed by atoms with Gasteiger partial charge in [0.05, 0.1) is 28.6 Å². The van der Waals surface area contributed by atoms with Crippen LogP contribution in [-0.2, 0) is 4.79 Å². The van der Waals surface area contributed by atoms with E-state index in [1.165, 1.54) is 6.33 Å². The Labute approximate surface area is 339 Å². The summed E-state index contributed by atoms with van der Waals surface area (Å²) in [6, 6.07) is 21.9. The molecule has 59 heavy (non-hydrogen) atoms. The monoisotopic (exact) mass is 800 g/mol. The lowest BCUT2D eigenvalue weighted by atomic mass is 9.94. The lowest BCUT2D eigenvalue weighted by molar-refractivity contribution is -0.129. The van der Waals surface area contributed by atoms with Gasteiger partial charge in [0.1, 0.15) is 41.7 Å². The fourth-order valence-corrected chi connectivity index (χ4v) is 9.56. The number of imide groups is 1. The molecular weight excluding hydrogens is 756 g/mol. The number of nitrogen functional groups attached to an aromatic ring is 1. The van der Waals surface area contributed by atoms with Crippen molar-refractivity contribution in [2.24, 2.45) is 0 Å².